The molecular formula is C11H18FN3O2. The molecule has 0 aliphatic carbocycles. The molecule has 5 nitrogen and oxygen atoms in total. The Kier molecular flexibility index (Phi) is 5.06. The second-order valence-corrected chi connectivity index (χ2v) is 4.28. The lowest BCUT2D eigenvalue weighted by Gasteiger charge is -2.06. The third kappa shape index (κ3) is 3.80. The zero-order valence-electron chi connectivity index (χ0n) is 10.4. The lowest BCUT2D eigenvalue weighted by molar-refractivity contribution is 0.0451. The number of carbonyl (C=O) groups excluding carboxylic acids is 1. The maximum absolute atomic E-state index is 12.0. The largest absolute Gasteiger partial charge is 0.461 e. The van der Waals surface area contributed by atoms with Gasteiger partial charge in [-0.05, 0) is 19.3 Å². The van der Waals surface area contributed by atoms with Gasteiger partial charge in [-0.15, -0.1) is 5.10 Å². The molecule has 0 unspecified atom stereocenters. The minimum absolute atomic E-state index is 0.213. The molecule has 0 atom stereocenters. The summed E-state index contributed by atoms with van der Waals surface area (Å²) in [6.45, 7) is 6.01. The molecule has 0 fully saturated rings. The van der Waals surface area contributed by atoms with Gasteiger partial charge in [-0.25, -0.2) is 9.48 Å². The van der Waals surface area contributed by atoms with Crippen molar-refractivity contribution < 1.29 is 13.9 Å². The number of ether oxygens (including phenoxy) is 1. The van der Waals surface area contributed by atoms with E-state index >= 15 is 0 Å². The minimum atomic E-state index is -0.470. The van der Waals surface area contributed by atoms with Gasteiger partial charge in [-0.1, -0.05) is 19.1 Å². The van der Waals surface area contributed by atoms with Gasteiger partial charge in [-0.3, -0.25) is 4.39 Å². The number of aryl methyl sites for hydroxylation is 1. The molecule has 0 N–H and O–H groups in total. The average Bonchev–Trinajstić information content (AvgIpc) is 2.65. The molecule has 6 heteroatoms. The number of alkyl halides is 1. The predicted octanol–water partition coefficient (Wildman–Crippen LogP) is 1.76. The standard InChI is InChI=1S/C11H18FN3O2/c1-8(2)7-17-11(16)10-9(3)15(14-13-10)6-4-5-12/h8H,4-7H2,1-3H3. The van der Waals surface area contributed by atoms with Gasteiger partial charge in [0.15, 0.2) is 5.69 Å². The lowest BCUT2D eigenvalue weighted by atomic mass is 10.2. The zero-order valence-corrected chi connectivity index (χ0v) is 10.4. The first-order chi connectivity index (χ1) is 8.06. The number of halogens is 1. The first-order valence-corrected chi connectivity index (χ1v) is 5.69. The van der Waals surface area contributed by atoms with Crippen LogP contribution in [-0.4, -0.2) is 34.2 Å². The van der Waals surface area contributed by atoms with Crippen molar-refractivity contribution in [2.45, 2.75) is 33.7 Å². The molecule has 0 amide bonds. The lowest BCUT2D eigenvalue weighted by Crippen LogP contribution is -2.12. The van der Waals surface area contributed by atoms with E-state index in [0.717, 1.165) is 0 Å². The van der Waals surface area contributed by atoms with Crippen molar-refractivity contribution in [1.29, 1.82) is 0 Å². The normalized spacial score (nSPS) is 10.9. The van der Waals surface area contributed by atoms with Crippen LogP contribution in [0.1, 0.15) is 36.5 Å². The van der Waals surface area contributed by atoms with E-state index in [1.807, 2.05) is 13.8 Å². The molecule has 0 spiro atoms. The fourth-order valence-corrected chi connectivity index (χ4v) is 1.28. The van der Waals surface area contributed by atoms with Crippen molar-refractivity contribution in [3.63, 3.8) is 0 Å². The minimum Gasteiger partial charge on any atom is -0.461 e. The third-order valence-corrected chi connectivity index (χ3v) is 2.23. The predicted molar refractivity (Wildman–Crippen MR) is 60.5 cm³/mol. The summed E-state index contributed by atoms with van der Waals surface area (Å²) in [7, 11) is 0. The van der Waals surface area contributed by atoms with Gasteiger partial charge < -0.3 is 4.74 Å². The highest BCUT2D eigenvalue weighted by Crippen LogP contribution is 2.07. The van der Waals surface area contributed by atoms with Crippen molar-refractivity contribution in [2.24, 2.45) is 5.92 Å². The third-order valence-electron chi connectivity index (χ3n) is 2.23. The summed E-state index contributed by atoms with van der Waals surface area (Å²) in [5.74, 6) is -0.191. The van der Waals surface area contributed by atoms with Crippen molar-refractivity contribution in [1.82, 2.24) is 15.0 Å². The molecule has 0 aliphatic heterocycles. The Morgan fingerprint density at radius 1 is 1.53 bits per heavy atom. The summed E-state index contributed by atoms with van der Waals surface area (Å²) in [5.41, 5.74) is 0.830. The maximum Gasteiger partial charge on any atom is 0.360 e. The second-order valence-electron chi connectivity index (χ2n) is 4.28. The molecule has 17 heavy (non-hydrogen) atoms. The highest BCUT2D eigenvalue weighted by Gasteiger charge is 2.17. The second kappa shape index (κ2) is 6.32. The molecule has 0 aliphatic rings. The molecule has 1 aromatic heterocycles. The number of hydrogen-bond acceptors (Lipinski definition) is 4. The van der Waals surface area contributed by atoms with Crippen LogP contribution in [0.3, 0.4) is 0 Å². The fraction of sp³-hybridized carbons (Fsp3) is 0.727. The first-order valence-electron chi connectivity index (χ1n) is 5.69. The van der Waals surface area contributed by atoms with Crippen LogP contribution in [0, 0.1) is 12.8 Å². The summed E-state index contributed by atoms with van der Waals surface area (Å²) in [6.07, 6.45) is 0.366. The summed E-state index contributed by atoms with van der Waals surface area (Å²) >= 11 is 0. The Hall–Kier alpha value is -1.46. The van der Waals surface area contributed by atoms with E-state index < -0.39 is 12.6 Å². The number of hydrogen-bond donors (Lipinski definition) is 0. The van der Waals surface area contributed by atoms with Crippen LogP contribution in [-0.2, 0) is 11.3 Å². The van der Waals surface area contributed by atoms with Gasteiger partial charge in [-0.2, -0.15) is 0 Å². The van der Waals surface area contributed by atoms with Crippen molar-refractivity contribution in [2.75, 3.05) is 13.3 Å². The molecule has 0 bridgehead atoms. The fourth-order valence-electron chi connectivity index (χ4n) is 1.28. The van der Waals surface area contributed by atoms with Gasteiger partial charge >= 0.3 is 5.97 Å². The Morgan fingerprint density at radius 3 is 2.82 bits per heavy atom. The van der Waals surface area contributed by atoms with E-state index in [1.54, 1.807) is 6.92 Å². The van der Waals surface area contributed by atoms with Crippen molar-refractivity contribution in [3.05, 3.63) is 11.4 Å². The number of rotatable bonds is 6. The van der Waals surface area contributed by atoms with E-state index in [1.165, 1.54) is 4.68 Å². The van der Waals surface area contributed by atoms with Gasteiger partial charge in [0, 0.05) is 6.54 Å². The highest BCUT2D eigenvalue weighted by atomic mass is 19.1. The summed E-state index contributed by atoms with van der Waals surface area (Å²) < 4.78 is 18.6. The highest BCUT2D eigenvalue weighted by molar-refractivity contribution is 5.88. The van der Waals surface area contributed by atoms with Crippen LogP contribution in [0.15, 0.2) is 0 Å². The van der Waals surface area contributed by atoms with Crippen LogP contribution in [0.25, 0.3) is 0 Å². The van der Waals surface area contributed by atoms with Gasteiger partial charge in [0.2, 0.25) is 0 Å². The van der Waals surface area contributed by atoms with Crippen LogP contribution >= 0.6 is 0 Å². The number of aromatic nitrogens is 3. The number of esters is 1. The van der Waals surface area contributed by atoms with E-state index in [2.05, 4.69) is 10.3 Å². The smallest absolute Gasteiger partial charge is 0.360 e. The Labute approximate surface area is 100.0 Å². The van der Waals surface area contributed by atoms with Crippen LogP contribution in [0.2, 0.25) is 0 Å². The number of nitrogens with zero attached hydrogens (tertiary/aromatic N) is 3. The Morgan fingerprint density at radius 2 is 2.24 bits per heavy atom. The van der Waals surface area contributed by atoms with E-state index in [-0.39, 0.29) is 11.6 Å². The quantitative estimate of drug-likeness (QED) is 0.714. The Bertz CT molecular complexity index is 377. The summed E-state index contributed by atoms with van der Waals surface area (Å²) in [4.78, 5) is 11.6. The molecule has 1 rings (SSSR count). The van der Waals surface area contributed by atoms with E-state index in [4.69, 9.17) is 4.74 Å². The molecule has 0 aromatic carbocycles. The summed E-state index contributed by atoms with van der Waals surface area (Å²) in [6, 6.07) is 0. The zero-order chi connectivity index (χ0) is 12.8. The average molecular weight is 243 g/mol. The monoisotopic (exact) mass is 243 g/mol. The maximum atomic E-state index is 12.0. The first kappa shape index (κ1) is 13.6. The van der Waals surface area contributed by atoms with Crippen LogP contribution < -0.4 is 0 Å². The molecule has 96 valence electrons. The van der Waals surface area contributed by atoms with Gasteiger partial charge in [0.05, 0.1) is 19.0 Å². The molecule has 0 radical (unpaired) electrons. The van der Waals surface area contributed by atoms with Gasteiger partial charge in [0.25, 0.3) is 0 Å². The van der Waals surface area contributed by atoms with Crippen molar-refractivity contribution >= 4 is 5.97 Å². The topological polar surface area (TPSA) is 57.0 Å². The van der Waals surface area contributed by atoms with E-state index in [9.17, 15) is 9.18 Å². The Balaban J connectivity index is 2.64. The van der Waals surface area contributed by atoms with Gasteiger partial charge in [0.1, 0.15) is 0 Å². The molecule has 0 saturated carbocycles. The summed E-state index contributed by atoms with van der Waals surface area (Å²) in [5, 5.41) is 7.56. The molecule has 1 aromatic rings. The van der Waals surface area contributed by atoms with Crippen LogP contribution in [0.5, 0.6) is 0 Å². The van der Waals surface area contributed by atoms with E-state index in [0.29, 0.717) is 25.3 Å². The molecular weight excluding hydrogens is 225 g/mol. The SMILES string of the molecule is Cc1c(C(=O)OCC(C)C)nnn1CCCF. The van der Waals surface area contributed by atoms with Crippen LogP contribution in [0.4, 0.5) is 4.39 Å². The number of carbonyl (C=O) groups is 1. The molecule has 0 saturated heterocycles. The van der Waals surface area contributed by atoms with Crippen molar-refractivity contribution in [3.8, 4) is 0 Å². The molecule has 1 heterocycles.